The molecule has 1 unspecified atom stereocenters. The molecule has 0 aliphatic carbocycles. The second-order valence-electron chi connectivity index (χ2n) is 8.26. The van der Waals surface area contributed by atoms with E-state index in [2.05, 4.69) is 0 Å². The Morgan fingerprint density at radius 3 is 2.59 bits per heavy atom. The Balaban J connectivity index is 1.93. The number of thiophene rings is 1. The molecule has 8 nitrogen and oxygen atoms in total. The van der Waals surface area contributed by atoms with E-state index >= 15 is 0 Å². The molecule has 1 amide bonds. The molecule has 0 spiro atoms. The van der Waals surface area contributed by atoms with Crippen molar-refractivity contribution in [3.05, 3.63) is 37.1 Å². The second kappa shape index (κ2) is 9.74. The van der Waals surface area contributed by atoms with Gasteiger partial charge >= 0.3 is 12.1 Å². The molecule has 32 heavy (non-hydrogen) atoms. The van der Waals surface area contributed by atoms with Crippen molar-refractivity contribution < 1.29 is 33.6 Å². The van der Waals surface area contributed by atoms with Crippen LogP contribution in [0.3, 0.4) is 0 Å². The van der Waals surface area contributed by atoms with Crippen molar-refractivity contribution in [2.24, 2.45) is 0 Å². The number of aromatic carboxylic acids is 1. The maximum absolute atomic E-state index is 13.2. The van der Waals surface area contributed by atoms with E-state index in [9.17, 15) is 14.7 Å². The summed E-state index contributed by atoms with van der Waals surface area (Å²) in [5.41, 5.74) is 0.117. The van der Waals surface area contributed by atoms with Gasteiger partial charge in [-0.05, 0) is 55.5 Å². The van der Waals surface area contributed by atoms with Crippen molar-refractivity contribution in [2.75, 3.05) is 20.8 Å². The molecule has 2 aromatic rings. The van der Waals surface area contributed by atoms with E-state index in [1.807, 2.05) is 49.4 Å². The SMILES string of the molecule is COc1ccc(CN(C(=O)OC(C)(C)C)C2COc3c(sc(C(=O)O)c3I)C2)c(OC)c1. The van der Waals surface area contributed by atoms with E-state index in [1.165, 1.54) is 11.3 Å². The molecule has 0 fully saturated rings. The summed E-state index contributed by atoms with van der Waals surface area (Å²) < 4.78 is 23.0. The minimum Gasteiger partial charge on any atom is -0.497 e. The number of carboxylic acids is 1. The number of amides is 1. The fraction of sp³-hybridized carbons (Fsp3) is 0.455. The van der Waals surface area contributed by atoms with Gasteiger partial charge in [0.2, 0.25) is 0 Å². The van der Waals surface area contributed by atoms with Gasteiger partial charge in [-0.1, -0.05) is 0 Å². The second-order valence-corrected chi connectivity index (χ2v) is 10.4. The van der Waals surface area contributed by atoms with Gasteiger partial charge in [0.05, 0.1) is 35.3 Å². The molecule has 1 aliphatic heterocycles. The van der Waals surface area contributed by atoms with E-state index in [4.69, 9.17) is 18.9 Å². The number of carboxylic acid groups (broad SMARTS) is 1. The number of ether oxygens (including phenoxy) is 4. The highest BCUT2D eigenvalue weighted by Crippen LogP contribution is 2.41. The third-order valence-corrected chi connectivity index (χ3v) is 7.39. The lowest BCUT2D eigenvalue weighted by Crippen LogP contribution is -2.47. The number of nitrogens with zero attached hydrogens (tertiary/aromatic N) is 1. The highest BCUT2D eigenvalue weighted by molar-refractivity contribution is 14.1. The van der Waals surface area contributed by atoms with Gasteiger partial charge in [0, 0.05) is 18.1 Å². The predicted molar refractivity (Wildman–Crippen MR) is 128 cm³/mol. The normalized spacial score (nSPS) is 15.4. The van der Waals surface area contributed by atoms with Crippen LogP contribution in [0.25, 0.3) is 0 Å². The van der Waals surface area contributed by atoms with Crippen LogP contribution in [0.4, 0.5) is 4.79 Å². The summed E-state index contributed by atoms with van der Waals surface area (Å²) in [4.78, 5) is 27.4. The Hall–Kier alpha value is -2.21. The molecule has 1 aromatic carbocycles. The number of hydrogen-bond acceptors (Lipinski definition) is 7. The Bertz CT molecular complexity index is 1010. The quantitative estimate of drug-likeness (QED) is 0.495. The van der Waals surface area contributed by atoms with E-state index in [1.54, 1.807) is 31.3 Å². The first kappa shape index (κ1) is 24.4. The Labute approximate surface area is 204 Å². The molecule has 1 aromatic heterocycles. The predicted octanol–water partition coefficient (Wildman–Crippen LogP) is 4.81. The molecule has 1 N–H and O–H groups in total. The van der Waals surface area contributed by atoms with Crippen molar-refractivity contribution in [1.29, 1.82) is 0 Å². The summed E-state index contributed by atoms with van der Waals surface area (Å²) in [6, 6.07) is 5.08. The fourth-order valence-corrected chi connectivity index (χ4v) is 5.61. The molecule has 0 radical (unpaired) electrons. The van der Waals surface area contributed by atoms with Crippen LogP contribution in [-0.2, 0) is 17.7 Å². The van der Waals surface area contributed by atoms with E-state index in [-0.39, 0.29) is 24.1 Å². The topological polar surface area (TPSA) is 94.5 Å². The standard InChI is InChI=1S/C22H26INO7S/c1-22(2,3)31-21(27)24(10-12-6-7-14(28-4)9-15(12)29-5)13-8-16-18(30-11-13)17(23)19(32-16)20(25)26/h6-7,9,13H,8,10-11H2,1-5H3,(H,25,26). The van der Waals surface area contributed by atoms with Crippen LogP contribution in [0, 0.1) is 3.57 Å². The molecule has 0 saturated carbocycles. The maximum Gasteiger partial charge on any atom is 0.410 e. The number of hydrogen-bond donors (Lipinski definition) is 1. The molecule has 0 bridgehead atoms. The Kier molecular flexibility index (Phi) is 7.43. The summed E-state index contributed by atoms with van der Waals surface area (Å²) in [7, 11) is 3.14. The smallest absolute Gasteiger partial charge is 0.410 e. The number of benzene rings is 1. The third kappa shape index (κ3) is 5.40. The minimum absolute atomic E-state index is 0.233. The van der Waals surface area contributed by atoms with Crippen molar-refractivity contribution in [3.63, 3.8) is 0 Å². The van der Waals surface area contributed by atoms with Crippen molar-refractivity contribution in [3.8, 4) is 17.2 Å². The van der Waals surface area contributed by atoms with E-state index < -0.39 is 17.7 Å². The van der Waals surface area contributed by atoms with Gasteiger partial charge in [-0.15, -0.1) is 11.3 Å². The summed E-state index contributed by atoms with van der Waals surface area (Å²) >= 11 is 3.18. The van der Waals surface area contributed by atoms with Gasteiger partial charge in [-0.25, -0.2) is 9.59 Å². The van der Waals surface area contributed by atoms with Crippen LogP contribution in [0.2, 0.25) is 0 Å². The maximum atomic E-state index is 13.2. The largest absolute Gasteiger partial charge is 0.497 e. The average Bonchev–Trinajstić information content (AvgIpc) is 3.06. The zero-order valence-electron chi connectivity index (χ0n) is 18.6. The first-order valence-corrected chi connectivity index (χ1v) is 11.8. The van der Waals surface area contributed by atoms with Crippen molar-refractivity contribution >= 4 is 46.0 Å². The molecule has 1 aliphatic rings. The number of rotatable bonds is 6. The van der Waals surface area contributed by atoms with Crippen molar-refractivity contribution in [1.82, 2.24) is 4.90 Å². The van der Waals surface area contributed by atoms with Crippen LogP contribution in [0.15, 0.2) is 18.2 Å². The lowest BCUT2D eigenvalue weighted by atomic mass is 10.1. The molecule has 174 valence electrons. The molecular formula is C22H26INO7S. The Morgan fingerprint density at radius 1 is 1.28 bits per heavy atom. The summed E-state index contributed by atoms with van der Waals surface area (Å²) in [5, 5.41) is 9.44. The van der Waals surface area contributed by atoms with E-state index in [0.29, 0.717) is 27.2 Å². The lowest BCUT2D eigenvalue weighted by molar-refractivity contribution is 0.00656. The highest BCUT2D eigenvalue weighted by Gasteiger charge is 2.35. The van der Waals surface area contributed by atoms with Gasteiger partial charge in [0.25, 0.3) is 0 Å². The molecule has 10 heteroatoms. The Morgan fingerprint density at radius 2 is 2.00 bits per heavy atom. The number of fused-ring (bicyclic) bond motifs is 1. The molecule has 2 heterocycles. The van der Waals surface area contributed by atoms with E-state index in [0.717, 1.165) is 10.4 Å². The minimum atomic E-state index is -0.985. The monoisotopic (exact) mass is 575 g/mol. The zero-order valence-corrected chi connectivity index (χ0v) is 21.5. The number of carbonyl (C=O) groups is 2. The average molecular weight is 575 g/mol. The van der Waals surface area contributed by atoms with Gasteiger partial charge in [-0.3, -0.25) is 4.90 Å². The van der Waals surface area contributed by atoms with Gasteiger partial charge < -0.3 is 24.1 Å². The third-order valence-electron chi connectivity index (χ3n) is 4.82. The van der Waals surface area contributed by atoms with Crippen LogP contribution in [-0.4, -0.2) is 54.5 Å². The fourth-order valence-electron chi connectivity index (χ4n) is 3.34. The molecular weight excluding hydrogens is 549 g/mol. The first-order chi connectivity index (χ1) is 15.0. The van der Waals surface area contributed by atoms with Gasteiger partial charge in [0.15, 0.2) is 0 Å². The van der Waals surface area contributed by atoms with Gasteiger partial charge in [-0.2, -0.15) is 0 Å². The molecule has 1 atom stereocenters. The number of halogens is 1. The highest BCUT2D eigenvalue weighted by atomic mass is 127. The summed E-state index contributed by atoms with van der Waals surface area (Å²) in [5.74, 6) is 0.847. The molecule has 3 rings (SSSR count). The molecule has 0 saturated heterocycles. The lowest BCUT2D eigenvalue weighted by Gasteiger charge is -2.35. The number of methoxy groups -OCH3 is 2. The van der Waals surface area contributed by atoms with Gasteiger partial charge in [0.1, 0.15) is 34.3 Å². The van der Waals surface area contributed by atoms with Crippen molar-refractivity contribution in [2.45, 2.75) is 45.4 Å². The summed E-state index contributed by atoms with van der Waals surface area (Å²) in [6.07, 6.45) is -0.00167. The zero-order chi connectivity index (χ0) is 23.6. The first-order valence-electron chi connectivity index (χ1n) is 9.91. The number of carbonyl (C=O) groups excluding carboxylic acids is 1. The van der Waals surface area contributed by atoms with Crippen LogP contribution in [0.1, 0.15) is 40.9 Å². The van der Waals surface area contributed by atoms with Crippen LogP contribution >= 0.6 is 33.9 Å². The summed E-state index contributed by atoms with van der Waals surface area (Å²) in [6.45, 7) is 5.91. The van der Waals surface area contributed by atoms with Crippen LogP contribution in [0.5, 0.6) is 17.2 Å². The van der Waals surface area contributed by atoms with Crippen LogP contribution < -0.4 is 14.2 Å².